The maximum atomic E-state index is 12.5. The molecule has 0 spiro atoms. The highest BCUT2D eigenvalue weighted by Crippen LogP contribution is 2.30. The number of nitriles is 1. The van der Waals surface area contributed by atoms with Crippen molar-refractivity contribution in [2.75, 3.05) is 41.1 Å². The maximum absolute atomic E-state index is 12.5. The highest BCUT2D eigenvalue weighted by molar-refractivity contribution is 6.01. The second-order valence-corrected chi connectivity index (χ2v) is 8.52. The van der Waals surface area contributed by atoms with Crippen LogP contribution >= 0.6 is 0 Å². The molecule has 0 saturated heterocycles. The van der Waals surface area contributed by atoms with Gasteiger partial charge in [-0.3, -0.25) is 4.79 Å². The van der Waals surface area contributed by atoms with Crippen molar-refractivity contribution in [1.82, 2.24) is 5.32 Å². The van der Waals surface area contributed by atoms with Crippen molar-refractivity contribution >= 4 is 24.0 Å². The average Bonchev–Trinajstić information content (AvgIpc) is 2.91. The zero-order chi connectivity index (χ0) is 27.9. The number of methoxy groups -OCH3 is 3. The Bertz CT molecular complexity index is 1200. The summed E-state index contributed by atoms with van der Waals surface area (Å²) in [6.45, 7) is 5.46. The molecule has 0 heterocycles. The Hall–Kier alpha value is -4.29. The Morgan fingerprint density at radius 1 is 0.947 bits per heavy atom. The number of carbonyl (C=O) groups is 2. The number of benzene rings is 2. The van der Waals surface area contributed by atoms with Crippen molar-refractivity contribution in [3.05, 3.63) is 59.2 Å². The van der Waals surface area contributed by atoms with Crippen molar-refractivity contribution in [3.63, 3.8) is 0 Å². The molecule has 0 bridgehead atoms. The van der Waals surface area contributed by atoms with Crippen LogP contribution < -0.4 is 24.3 Å². The fraction of sp³-hybridized carbons (Fsp3) is 0.345. The summed E-state index contributed by atoms with van der Waals surface area (Å²) >= 11 is 0. The third-order valence-electron chi connectivity index (χ3n) is 5.22. The van der Waals surface area contributed by atoms with Crippen LogP contribution in [-0.4, -0.2) is 53.0 Å². The van der Waals surface area contributed by atoms with E-state index in [2.05, 4.69) is 19.2 Å². The van der Waals surface area contributed by atoms with Crippen LogP contribution in [0.1, 0.15) is 31.4 Å². The molecule has 0 aromatic heterocycles. The van der Waals surface area contributed by atoms with Gasteiger partial charge in [-0.05, 0) is 59.9 Å². The lowest BCUT2D eigenvalue weighted by molar-refractivity contribution is -0.129. The minimum atomic E-state index is -0.613. The van der Waals surface area contributed by atoms with E-state index in [4.69, 9.17) is 23.7 Å². The first-order valence-corrected chi connectivity index (χ1v) is 12.1. The van der Waals surface area contributed by atoms with E-state index in [1.807, 2.05) is 12.1 Å². The molecule has 9 heteroatoms. The first-order valence-electron chi connectivity index (χ1n) is 12.1. The van der Waals surface area contributed by atoms with Gasteiger partial charge in [-0.15, -0.1) is 0 Å². The summed E-state index contributed by atoms with van der Waals surface area (Å²) in [5, 5.41) is 11.9. The summed E-state index contributed by atoms with van der Waals surface area (Å²) in [5.74, 6) is 1.07. The van der Waals surface area contributed by atoms with Crippen molar-refractivity contribution < 1.29 is 33.3 Å². The van der Waals surface area contributed by atoms with E-state index < -0.39 is 11.9 Å². The van der Waals surface area contributed by atoms with Crippen LogP contribution in [0, 0.1) is 17.2 Å². The lowest BCUT2D eigenvalue weighted by Crippen LogP contribution is -2.27. The molecular formula is C29H34N2O7. The van der Waals surface area contributed by atoms with E-state index in [-0.39, 0.29) is 23.6 Å². The molecule has 9 nitrogen and oxygen atoms in total. The molecule has 1 N–H and O–H groups in total. The van der Waals surface area contributed by atoms with Crippen LogP contribution in [0.5, 0.6) is 23.0 Å². The second-order valence-electron chi connectivity index (χ2n) is 8.52. The van der Waals surface area contributed by atoms with Gasteiger partial charge >= 0.3 is 5.97 Å². The summed E-state index contributed by atoms with van der Waals surface area (Å²) < 4.78 is 26.9. The summed E-state index contributed by atoms with van der Waals surface area (Å²) in [7, 11) is 4.50. The smallest absolute Gasteiger partial charge is 0.336 e. The summed E-state index contributed by atoms with van der Waals surface area (Å²) in [4.78, 5) is 24.6. The second kappa shape index (κ2) is 15.7. The molecule has 1 amide bonds. The Morgan fingerprint density at radius 3 is 2.26 bits per heavy atom. The van der Waals surface area contributed by atoms with Gasteiger partial charge in [0.25, 0.3) is 5.91 Å². The molecule has 0 fully saturated rings. The van der Waals surface area contributed by atoms with E-state index in [1.54, 1.807) is 37.5 Å². The van der Waals surface area contributed by atoms with Gasteiger partial charge in [-0.1, -0.05) is 26.0 Å². The Morgan fingerprint density at radius 2 is 1.61 bits per heavy atom. The minimum Gasteiger partial charge on any atom is -0.493 e. The van der Waals surface area contributed by atoms with Crippen LogP contribution in [-0.2, 0) is 14.3 Å². The molecule has 0 unspecified atom stereocenters. The molecule has 2 aromatic rings. The minimum absolute atomic E-state index is 0.0809. The first kappa shape index (κ1) is 29.9. The predicted molar refractivity (Wildman–Crippen MR) is 144 cm³/mol. The first-order chi connectivity index (χ1) is 18.3. The number of rotatable bonds is 14. The molecule has 38 heavy (non-hydrogen) atoms. The van der Waals surface area contributed by atoms with Crippen LogP contribution in [0.2, 0.25) is 0 Å². The maximum Gasteiger partial charge on any atom is 0.336 e. The van der Waals surface area contributed by atoms with Crippen LogP contribution in [0.25, 0.3) is 12.2 Å². The largest absolute Gasteiger partial charge is 0.493 e. The number of nitrogens with one attached hydrogen (secondary N) is 1. The SMILES string of the molecule is COCCNC(=O)/C(C#N)=C/c1ccc(OC(=O)/C=C/c2ccc(OCCC(C)C)c(OC)c2)c(OC)c1. The lowest BCUT2D eigenvalue weighted by atomic mass is 10.1. The van der Waals surface area contributed by atoms with Gasteiger partial charge in [0.15, 0.2) is 23.0 Å². The number of amides is 1. The Labute approximate surface area is 223 Å². The molecule has 0 aliphatic heterocycles. The van der Waals surface area contributed by atoms with Crippen molar-refractivity contribution in [2.24, 2.45) is 5.92 Å². The number of ether oxygens (including phenoxy) is 5. The monoisotopic (exact) mass is 522 g/mol. The van der Waals surface area contributed by atoms with Gasteiger partial charge in [-0.2, -0.15) is 5.26 Å². The zero-order valence-corrected chi connectivity index (χ0v) is 22.4. The van der Waals surface area contributed by atoms with Crippen LogP contribution in [0.3, 0.4) is 0 Å². The lowest BCUT2D eigenvalue weighted by Gasteiger charge is -2.12. The van der Waals surface area contributed by atoms with Crippen molar-refractivity contribution in [2.45, 2.75) is 20.3 Å². The van der Waals surface area contributed by atoms with Gasteiger partial charge in [0.05, 0.1) is 27.4 Å². The van der Waals surface area contributed by atoms with E-state index >= 15 is 0 Å². The summed E-state index contributed by atoms with van der Waals surface area (Å²) in [5.41, 5.74) is 1.18. The highest BCUT2D eigenvalue weighted by atomic mass is 16.6. The van der Waals surface area contributed by atoms with Gasteiger partial charge in [0.2, 0.25) is 0 Å². The van der Waals surface area contributed by atoms with Crippen molar-refractivity contribution in [1.29, 1.82) is 5.26 Å². The fourth-order valence-electron chi connectivity index (χ4n) is 3.15. The molecule has 202 valence electrons. The number of esters is 1. The van der Waals surface area contributed by atoms with E-state index in [1.165, 1.54) is 32.4 Å². The quantitative estimate of drug-likeness (QED) is 0.127. The van der Waals surface area contributed by atoms with Gasteiger partial charge in [0, 0.05) is 19.7 Å². The number of hydrogen-bond acceptors (Lipinski definition) is 8. The molecule has 2 rings (SSSR count). The Balaban J connectivity index is 2.09. The molecular weight excluding hydrogens is 488 g/mol. The van der Waals surface area contributed by atoms with Gasteiger partial charge in [0.1, 0.15) is 11.6 Å². The normalized spacial score (nSPS) is 11.2. The predicted octanol–water partition coefficient (Wildman–Crippen LogP) is 4.42. The van der Waals surface area contributed by atoms with Crippen LogP contribution in [0.4, 0.5) is 0 Å². The third kappa shape index (κ3) is 9.64. The number of carbonyl (C=O) groups excluding carboxylic acids is 2. The summed E-state index contributed by atoms with van der Waals surface area (Å²) in [6.07, 6.45) is 5.24. The number of nitrogens with zero attached hydrogens (tertiary/aromatic N) is 1. The highest BCUT2D eigenvalue weighted by Gasteiger charge is 2.12. The Kier molecular flexibility index (Phi) is 12.4. The van der Waals surface area contributed by atoms with Crippen LogP contribution in [0.15, 0.2) is 48.0 Å². The van der Waals surface area contributed by atoms with Crippen molar-refractivity contribution in [3.8, 4) is 29.1 Å². The van der Waals surface area contributed by atoms with E-state index in [9.17, 15) is 14.9 Å². The van der Waals surface area contributed by atoms with E-state index in [0.717, 1.165) is 12.0 Å². The molecule has 0 atom stereocenters. The fourth-order valence-corrected chi connectivity index (χ4v) is 3.15. The van der Waals surface area contributed by atoms with E-state index in [0.29, 0.717) is 36.2 Å². The van der Waals surface area contributed by atoms with Gasteiger partial charge < -0.3 is 29.0 Å². The molecule has 0 aliphatic carbocycles. The third-order valence-corrected chi connectivity index (χ3v) is 5.22. The molecule has 0 radical (unpaired) electrons. The molecule has 0 saturated carbocycles. The zero-order valence-electron chi connectivity index (χ0n) is 22.4. The van der Waals surface area contributed by atoms with Gasteiger partial charge in [-0.25, -0.2) is 4.79 Å². The summed E-state index contributed by atoms with van der Waals surface area (Å²) in [6, 6.07) is 12.0. The topological polar surface area (TPSA) is 116 Å². The molecule has 2 aromatic carbocycles. The molecule has 0 aliphatic rings. The standard InChI is InChI=1S/C29H34N2O7/c1-20(2)12-14-37-24-9-6-21(17-26(24)35-4)8-11-28(32)38-25-10-7-22(18-27(25)36-5)16-23(19-30)29(33)31-13-15-34-3/h6-11,16-18,20H,12-15H2,1-5H3,(H,31,33)/b11-8+,23-16+. The average molecular weight is 523 g/mol. The number of hydrogen-bond donors (Lipinski definition) is 1.